The Hall–Kier alpha value is -2.30. The number of aromatic hydroxyl groups is 1. The highest BCUT2D eigenvalue weighted by molar-refractivity contribution is 5.80. The van der Waals surface area contributed by atoms with E-state index in [2.05, 4.69) is 4.98 Å². The maximum absolute atomic E-state index is 12.0. The number of para-hydroxylation sites is 2. The minimum atomic E-state index is -0.270. The van der Waals surface area contributed by atoms with Crippen molar-refractivity contribution in [3.05, 3.63) is 40.7 Å². The molecule has 2 heterocycles. The summed E-state index contributed by atoms with van der Waals surface area (Å²) in [5, 5.41) is 9.50. The first-order chi connectivity index (χ1) is 8.59. The molecule has 3 rings (SSSR count). The van der Waals surface area contributed by atoms with Crippen molar-refractivity contribution in [2.45, 2.75) is 19.9 Å². The van der Waals surface area contributed by atoms with Gasteiger partial charge in [-0.15, -0.1) is 0 Å². The van der Waals surface area contributed by atoms with Crippen LogP contribution in [0.1, 0.15) is 19.9 Å². The molecule has 0 unspecified atom stereocenters. The molecule has 0 amide bonds. The molecule has 0 fully saturated rings. The highest BCUT2D eigenvalue weighted by atomic mass is 16.3. The van der Waals surface area contributed by atoms with Crippen LogP contribution in [0.25, 0.3) is 16.8 Å². The van der Waals surface area contributed by atoms with Gasteiger partial charge in [0.05, 0.1) is 17.1 Å². The summed E-state index contributed by atoms with van der Waals surface area (Å²) in [5.41, 5.74) is 1.47. The van der Waals surface area contributed by atoms with E-state index in [1.54, 1.807) is 0 Å². The molecule has 0 atom stereocenters. The average Bonchev–Trinajstić information content (AvgIpc) is 2.62. The van der Waals surface area contributed by atoms with Gasteiger partial charge in [-0.25, -0.2) is 4.40 Å². The minimum absolute atomic E-state index is 0.147. The molecule has 2 aromatic heterocycles. The first kappa shape index (κ1) is 10.8. The fourth-order valence-electron chi connectivity index (χ4n) is 2.32. The van der Waals surface area contributed by atoms with E-state index < -0.39 is 0 Å². The number of benzene rings is 1. The zero-order valence-electron chi connectivity index (χ0n) is 10.2. The second-order valence-corrected chi connectivity index (χ2v) is 4.54. The molecule has 5 nitrogen and oxygen atoms in total. The van der Waals surface area contributed by atoms with E-state index in [0.717, 1.165) is 17.1 Å². The third-order valence-electron chi connectivity index (χ3n) is 3.00. The van der Waals surface area contributed by atoms with E-state index in [9.17, 15) is 9.90 Å². The molecule has 1 aromatic carbocycles. The van der Waals surface area contributed by atoms with Gasteiger partial charge in [0.15, 0.2) is 0 Å². The van der Waals surface area contributed by atoms with Crippen LogP contribution < -0.4 is 5.56 Å². The van der Waals surface area contributed by atoms with Crippen molar-refractivity contribution in [1.29, 1.82) is 0 Å². The number of hydrogen-bond donors (Lipinski definition) is 1. The third kappa shape index (κ3) is 1.33. The molecular formula is C13H13N3O2. The molecule has 0 aliphatic heterocycles. The van der Waals surface area contributed by atoms with Gasteiger partial charge in [-0.05, 0) is 26.0 Å². The molecular weight excluding hydrogens is 230 g/mol. The highest BCUT2D eigenvalue weighted by Gasteiger charge is 2.15. The van der Waals surface area contributed by atoms with Gasteiger partial charge in [0.1, 0.15) is 0 Å². The van der Waals surface area contributed by atoms with E-state index in [-0.39, 0.29) is 17.5 Å². The van der Waals surface area contributed by atoms with Gasteiger partial charge >= 0.3 is 0 Å². The molecule has 0 saturated carbocycles. The molecule has 3 aromatic rings. The normalized spacial score (nSPS) is 11.7. The predicted molar refractivity (Wildman–Crippen MR) is 69.0 cm³/mol. The zero-order chi connectivity index (χ0) is 12.9. The fourth-order valence-corrected chi connectivity index (χ4v) is 2.32. The van der Waals surface area contributed by atoms with Crippen molar-refractivity contribution in [3.63, 3.8) is 0 Å². The lowest BCUT2D eigenvalue weighted by Crippen LogP contribution is -2.13. The average molecular weight is 243 g/mol. The minimum Gasteiger partial charge on any atom is -0.493 e. The van der Waals surface area contributed by atoms with E-state index in [1.165, 1.54) is 4.40 Å². The van der Waals surface area contributed by atoms with Gasteiger partial charge in [-0.1, -0.05) is 12.1 Å². The van der Waals surface area contributed by atoms with Crippen LogP contribution >= 0.6 is 0 Å². The Morgan fingerprint density at radius 3 is 2.56 bits per heavy atom. The first-order valence-electron chi connectivity index (χ1n) is 5.81. The SMILES string of the molecule is CC(C)n1c2ccccc2n2c(=O)cc(O)nc12. The second-order valence-electron chi connectivity index (χ2n) is 4.54. The summed E-state index contributed by atoms with van der Waals surface area (Å²) in [6, 6.07) is 8.90. The van der Waals surface area contributed by atoms with Crippen LogP contribution in [0.4, 0.5) is 0 Å². The van der Waals surface area contributed by atoms with Gasteiger partial charge in [-0.2, -0.15) is 4.98 Å². The van der Waals surface area contributed by atoms with Crippen LogP contribution in [0.3, 0.4) is 0 Å². The molecule has 0 aliphatic carbocycles. The summed E-state index contributed by atoms with van der Waals surface area (Å²) in [5.74, 6) is 0.223. The molecule has 0 saturated heterocycles. The van der Waals surface area contributed by atoms with Crippen LogP contribution in [-0.2, 0) is 0 Å². The van der Waals surface area contributed by atoms with Crippen molar-refractivity contribution in [1.82, 2.24) is 14.0 Å². The lowest BCUT2D eigenvalue weighted by atomic mass is 10.3. The summed E-state index contributed by atoms with van der Waals surface area (Å²) >= 11 is 0. The Morgan fingerprint density at radius 1 is 1.22 bits per heavy atom. The lowest BCUT2D eigenvalue weighted by molar-refractivity contribution is 0.451. The summed E-state index contributed by atoms with van der Waals surface area (Å²) in [6.45, 7) is 4.03. The Morgan fingerprint density at radius 2 is 1.89 bits per heavy atom. The Bertz CT molecular complexity index is 799. The monoisotopic (exact) mass is 243 g/mol. The maximum atomic E-state index is 12.0. The summed E-state index contributed by atoms with van der Waals surface area (Å²) in [7, 11) is 0. The maximum Gasteiger partial charge on any atom is 0.263 e. The second kappa shape index (κ2) is 3.60. The van der Waals surface area contributed by atoms with E-state index in [1.807, 2.05) is 42.7 Å². The van der Waals surface area contributed by atoms with Crippen molar-refractivity contribution < 1.29 is 5.11 Å². The molecule has 0 radical (unpaired) electrons. The molecule has 92 valence electrons. The number of nitrogens with zero attached hydrogens (tertiary/aromatic N) is 3. The number of imidazole rings is 1. The van der Waals surface area contributed by atoms with Crippen LogP contribution in [0.5, 0.6) is 5.88 Å². The van der Waals surface area contributed by atoms with Crippen molar-refractivity contribution >= 4 is 16.8 Å². The van der Waals surface area contributed by atoms with Gasteiger partial charge in [0, 0.05) is 6.04 Å². The smallest absolute Gasteiger partial charge is 0.263 e. The van der Waals surface area contributed by atoms with Crippen molar-refractivity contribution in [2.24, 2.45) is 0 Å². The molecule has 1 N–H and O–H groups in total. The first-order valence-corrected chi connectivity index (χ1v) is 5.81. The summed E-state index contributed by atoms with van der Waals surface area (Å²) < 4.78 is 3.46. The number of rotatable bonds is 1. The molecule has 0 bridgehead atoms. The number of aromatic nitrogens is 3. The van der Waals surface area contributed by atoms with E-state index >= 15 is 0 Å². The van der Waals surface area contributed by atoms with Crippen LogP contribution in [-0.4, -0.2) is 19.1 Å². The van der Waals surface area contributed by atoms with Gasteiger partial charge in [0.2, 0.25) is 11.7 Å². The molecule has 0 aliphatic rings. The van der Waals surface area contributed by atoms with Gasteiger partial charge in [-0.3, -0.25) is 4.79 Å². The Kier molecular flexibility index (Phi) is 2.16. The van der Waals surface area contributed by atoms with E-state index in [4.69, 9.17) is 0 Å². The van der Waals surface area contributed by atoms with E-state index in [0.29, 0.717) is 5.78 Å². The highest BCUT2D eigenvalue weighted by Crippen LogP contribution is 2.23. The van der Waals surface area contributed by atoms with Crippen LogP contribution in [0, 0.1) is 0 Å². The standard InChI is InChI=1S/C13H13N3O2/c1-8(2)15-9-5-3-4-6-10(9)16-12(18)7-11(17)14-13(15)16/h3-8,17H,1-2H3. The number of hydrogen-bond acceptors (Lipinski definition) is 3. The fraction of sp³-hybridized carbons (Fsp3) is 0.231. The van der Waals surface area contributed by atoms with Crippen LogP contribution in [0.2, 0.25) is 0 Å². The Balaban J connectivity index is 2.67. The summed E-state index contributed by atoms with van der Waals surface area (Å²) in [6.07, 6.45) is 0. The third-order valence-corrected chi connectivity index (χ3v) is 3.00. The summed E-state index contributed by atoms with van der Waals surface area (Å²) in [4.78, 5) is 16.1. The number of fused-ring (bicyclic) bond motifs is 3. The van der Waals surface area contributed by atoms with Crippen LogP contribution in [0.15, 0.2) is 35.1 Å². The lowest BCUT2D eigenvalue weighted by Gasteiger charge is -2.09. The molecule has 0 spiro atoms. The van der Waals surface area contributed by atoms with Crippen molar-refractivity contribution in [2.75, 3.05) is 0 Å². The predicted octanol–water partition coefficient (Wildman–Crippen LogP) is 1.94. The Labute approximate surface area is 103 Å². The topological polar surface area (TPSA) is 59.5 Å². The van der Waals surface area contributed by atoms with Gasteiger partial charge < -0.3 is 9.67 Å². The largest absolute Gasteiger partial charge is 0.493 e. The van der Waals surface area contributed by atoms with Gasteiger partial charge in [0.25, 0.3) is 5.56 Å². The van der Waals surface area contributed by atoms with Crippen molar-refractivity contribution in [3.8, 4) is 5.88 Å². The quantitative estimate of drug-likeness (QED) is 0.710. The molecule has 18 heavy (non-hydrogen) atoms. The zero-order valence-corrected chi connectivity index (χ0v) is 10.2. The molecule has 5 heteroatoms.